The van der Waals surface area contributed by atoms with E-state index in [0.717, 1.165) is 0 Å². The number of carbonyl (C=O) groups excluding carboxylic acids is 1. The molecule has 0 aliphatic rings. The highest BCUT2D eigenvalue weighted by Crippen LogP contribution is 1.98. The van der Waals surface area contributed by atoms with Gasteiger partial charge in [0.25, 0.3) is 15.9 Å². The van der Waals surface area contributed by atoms with E-state index >= 15 is 0 Å². The first kappa shape index (κ1) is 10.7. The Kier molecular flexibility index (Phi) is 3.21. The Morgan fingerprint density at radius 3 is 2.29 bits per heavy atom. The summed E-state index contributed by atoms with van der Waals surface area (Å²) in [6.07, 6.45) is 0. The van der Waals surface area contributed by atoms with E-state index in [2.05, 4.69) is 0 Å². The predicted octanol–water partition coefficient (Wildman–Crippen LogP) is 0.134. The molecule has 0 atom stereocenters. The summed E-state index contributed by atoms with van der Waals surface area (Å²) in [5, 5.41) is 10.1. The smallest absolute Gasteiger partial charge is 0.264 e. The number of hydrogen-bond acceptors (Lipinski definition) is 3. The van der Waals surface area contributed by atoms with Crippen LogP contribution in [-0.2, 0) is 15.1 Å². The molecule has 1 rings (SSSR count). The van der Waals surface area contributed by atoms with E-state index in [9.17, 15) is 18.3 Å². The first-order valence-electron chi connectivity index (χ1n) is 3.73. The molecule has 1 aromatic rings. The SMILES string of the molecule is [O]CS(=O)(=O)NC(=O)c1ccccc1. The predicted molar refractivity (Wildman–Crippen MR) is 48.4 cm³/mol. The lowest BCUT2D eigenvalue weighted by Crippen LogP contribution is -2.32. The molecule has 0 fully saturated rings. The van der Waals surface area contributed by atoms with Gasteiger partial charge in [-0.25, -0.2) is 18.2 Å². The third-order valence-electron chi connectivity index (χ3n) is 1.44. The van der Waals surface area contributed by atoms with Gasteiger partial charge in [-0.1, -0.05) is 18.2 Å². The van der Waals surface area contributed by atoms with Crippen molar-refractivity contribution < 1.29 is 18.3 Å². The third-order valence-corrected chi connectivity index (χ3v) is 2.25. The molecule has 0 saturated heterocycles. The van der Waals surface area contributed by atoms with Crippen LogP contribution in [-0.4, -0.2) is 20.3 Å². The number of hydrogen-bond donors (Lipinski definition) is 1. The largest absolute Gasteiger partial charge is 0.268 e. The minimum absolute atomic E-state index is 0.199. The number of carbonyl (C=O) groups is 1. The molecule has 14 heavy (non-hydrogen) atoms. The van der Waals surface area contributed by atoms with E-state index in [1.807, 2.05) is 0 Å². The highest BCUT2D eigenvalue weighted by molar-refractivity contribution is 7.89. The van der Waals surface area contributed by atoms with Crippen LogP contribution in [0.25, 0.3) is 0 Å². The van der Waals surface area contributed by atoms with Crippen molar-refractivity contribution in [3.05, 3.63) is 35.9 Å². The molecule has 0 saturated carbocycles. The Morgan fingerprint density at radius 2 is 1.79 bits per heavy atom. The van der Waals surface area contributed by atoms with Gasteiger partial charge in [-0.3, -0.25) is 4.79 Å². The summed E-state index contributed by atoms with van der Waals surface area (Å²) >= 11 is 0. The zero-order valence-corrected chi connectivity index (χ0v) is 7.95. The summed E-state index contributed by atoms with van der Waals surface area (Å²) in [4.78, 5) is 11.2. The Hall–Kier alpha value is -1.40. The van der Waals surface area contributed by atoms with Crippen molar-refractivity contribution in [2.75, 3.05) is 5.94 Å². The lowest BCUT2D eigenvalue weighted by Gasteiger charge is -2.02. The molecule has 0 aliphatic heterocycles. The quantitative estimate of drug-likeness (QED) is 0.776. The second-order valence-electron chi connectivity index (χ2n) is 2.53. The molecule has 0 unspecified atom stereocenters. The zero-order valence-electron chi connectivity index (χ0n) is 7.14. The van der Waals surface area contributed by atoms with Gasteiger partial charge in [-0.15, -0.1) is 0 Å². The lowest BCUT2D eigenvalue weighted by molar-refractivity contribution is 0.0979. The lowest BCUT2D eigenvalue weighted by atomic mass is 10.2. The molecule has 1 amide bonds. The fourth-order valence-corrected chi connectivity index (χ4v) is 1.28. The zero-order chi connectivity index (χ0) is 10.6. The van der Waals surface area contributed by atoms with Crippen molar-refractivity contribution in [1.82, 2.24) is 4.72 Å². The second-order valence-corrected chi connectivity index (χ2v) is 4.20. The van der Waals surface area contributed by atoms with E-state index in [4.69, 9.17) is 0 Å². The van der Waals surface area contributed by atoms with E-state index in [1.165, 1.54) is 12.1 Å². The van der Waals surface area contributed by atoms with Crippen LogP contribution in [0.3, 0.4) is 0 Å². The number of nitrogens with one attached hydrogen (secondary N) is 1. The van der Waals surface area contributed by atoms with Crippen molar-refractivity contribution in [3.8, 4) is 0 Å². The summed E-state index contributed by atoms with van der Waals surface area (Å²) in [7, 11) is -4.02. The number of benzene rings is 1. The highest BCUT2D eigenvalue weighted by atomic mass is 32.2. The molecule has 1 N–H and O–H groups in total. The fraction of sp³-hybridized carbons (Fsp3) is 0.125. The Morgan fingerprint density at radius 1 is 1.21 bits per heavy atom. The van der Waals surface area contributed by atoms with Gasteiger partial charge >= 0.3 is 0 Å². The first-order chi connectivity index (χ1) is 6.55. The second kappa shape index (κ2) is 4.21. The number of sulfonamides is 1. The van der Waals surface area contributed by atoms with Crippen LogP contribution in [0, 0.1) is 0 Å². The summed E-state index contributed by atoms with van der Waals surface area (Å²) < 4.78 is 23.1. The van der Waals surface area contributed by atoms with Crippen LogP contribution in [0.5, 0.6) is 0 Å². The van der Waals surface area contributed by atoms with E-state index in [1.54, 1.807) is 22.9 Å². The molecule has 0 heterocycles. The summed E-state index contributed by atoms with van der Waals surface area (Å²) in [5.74, 6) is -2.15. The van der Waals surface area contributed by atoms with Crippen molar-refractivity contribution in [1.29, 1.82) is 0 Å². The normalized spacial score (nSPS) is 10.9. The molecule has 0 spiro atoms. The van der Waals surface area contributed by atoms with Crippen molar-refractivity contribution in [3.63, 3.8) is 0 Å². The van der Waals surface area contributed by atoms with Gasteiger partial charge in [0.1, 0.15) is 0 Å². The highest BCUT2D eigenvalue weighted by Gasteiger charge is 2.14. The fourth-order valence-electron chi connectivity index (χ4n) is 0.819. The Labute approximate surface area is 81.4 Å². The van der Waals surface area contributed by atoms with Crippen molar-refractivity contribution >= 4 is 15.9 Å². The van der Waals surface area contributed by atoms with Gasteiger partial charge in [0.2, 0.25) is 5.94 Å². The molecular formula is C8H8NO4S. The standard InChI is InChI=1S/C8H8NO4S/c10-6-14(12,13)9-8(11)7-4-2-1-3-5-7/h1-5H,6H2,(H,9,11). The molecule has 0 aliphatic carbocycles. The maximum atomic E-state index is 11.2. The number of amides is 1. The Balaban J connectivity index is 2.79. The summed E-state index contributed by atoms with van der Waals surface area (Å²) in [5.41, 5.74) is 0.199. The van der Waals surface area contributed by atoms with Gasteiger partial charge in [-0.05, 0) is 12.1 Å². The van der Waals surface area contributed by atoms with E-state index < -0.39 is 21.9 Å². The third kappa shape index (κ3) is 2.82. The molecule has 1 aromatic carbocycles. The summed E-state index contributed by atoms with van der Waals surface area (Å²) in [6, 6.07) is 7.79. The van der Waals surface area contributed by atoms with Gasteiger partial charge in [-0.2, -0.15) is 0 Å². The minimum atomic E-state index is -4.02. The van der Waals surface area contributed by atoms with E-state index in [-0.39, 0.29) is 5.56 Å². The molecular weight excluding hydrogens is 206 g/mol. The maximum Gasteiger partial charge on any atom is 0.264 e. The minimum Gasteiger partial charge on any atom is -0.268 e. The summed E-state index contributed by atoms with van der Waals surface area (Å²) in [6.45, 7) is 0. The molecule has 6 heteroatoms. The van der Waals surface area contributed by atoms with Crippen LogP contribution in [0.2, 0.25) is 0 Å². The van der Waals surface area contributed by atoms with Crippen LogP contribution >= 0.6 is 0 Å². The average molecular weight is 214 g/mol. The molecule has 75 valence electrons. The number of rotatable bonds is 3. The Bertz CT molecular complexity index is 412. The van der Waals surface area contributed by atoms with Crippen LogP contribution < -0.4 is 4.72 Å². The van der Waals surface area contributed by atoms with Gasteiger partial charge in [0.05, 0.1) is 0 Å². The van der Waals surface area contributed by atoms with Crippen LogP contribution in [0.4, 0.5) is 0 Å². The monoisotopic (exact) mass is 214 g/mol. The molecule has 0 bridgehead atoms. The molecule has 0 aromatic heterocycles. The van der Waals surface area contributed by atoms with Crippen molar-refractivity contribution in [2.24, 2.45) is 0 Å². The van der Waals surface area contributed by atoms with E-state index in [0.29, 0.717) is 0 Å². The molecule has 5 nitrogen and oxygen atoms in total. The average Bonchev–Trinajstić information content (AvgIpc) is 2.19. The van der Waals surface area contributed by atoms with Crippen molar-refractivity contribution in [2.45, 2.75) is 0 Å². The van der Waals surface area contributed by atoms with Crippen LogP contribution in [0.15, 0.2) is 30.3 Å². The van der Waals surface area contributed by atoms with Gasteiger partial charge < -0.3 is 0 Å². The first-order valence-corrected chi connectivity index (χ1v) is 5.38. The molecule has 1 radical (unpaired) electrons. The van der Waals surface area contributed by atoms with Crippen LogP contribution in [0.1, 0.15) is 10.4 Å². The topological polar surface area (TPSA) is 83.1 Å². The van der Waals surface area contributed by atoms with Gasteiger partial charge in [0.15, 0.2) is 0 Å². The van der Waals surface area contributed by atoms with Gasteiger partial charge in [0, 0.05) is 5.56 Å². The maximum absolute atomic E-state index is 11.2.